The summed E-state index contributed by atoms with van der Waals surface area (Å²) in [7, 11) is 0. The van der Waals surface area contributed by atoms with Gasteiger partial charge in [0.1, 0.15) is 5.03 Å². The highest BCUT2D eigenvalue weighted by molar-refractivity contribution is 7.99. The fraction of sp³-hybridized carbons (Fsp3) is 0.257. The molecule has 2 heterocycles. The highest BCUT2D eigenvalue weighted by Gasteiger charge is 2.38. The number of anilines is 1. The number of hydrogen-bond acceptors (Lipinski definition) is 8. The monoisotopic (exact) mass is 626 g/mol. The lowest BCUT2D eigenvalue weighted by Crippen LogP contribution is -2.38. The van der Waals surface area contributed by atoms with Crippen LogP contribution in [-0.4, -0.2) is 44.7 Å². The first-order chi connectivity index (χ1) is 21.7. The van der Waals surface area contributed by atoms with Gasteiger partial charge in [0.2, 0.25) is 5.91 Å². The molecule has 1 aliphatic heterocycles. The summed E-state index contributed by atoms with van der Waals surface area (Å²) >= 11 is 1.33. The van der Waals surface area contributed by atoms with Crippen LogP contribution < -0.4 is 5.32 Å². The van der Waals surface area contributed by atoms with Crippen LogP contribution in [-0.2, 0) is 27.3 Å². The number of nitrogens with one attached hydrogen (secondary N) is 1. The molecular formula is C35H34N2O7S. The van der Waals surface area contributed by atoms with Crippen molar-refractivity contribution in [3.8, 4) is 0 Å². The van der Waals surface area contributed by atoms with Gasteiger partial charge in [-0.05, 0) is 47.9 Å². The van der Waals surface area contributed by atoms with Gasteiger partial charge in [-0.1, -0.05) is 67.6 Å². The molecule has 45 heavy (non-hydrogen) atoms. The predicted octanol–water partition coefficient (Wildman–Crippen LogP) is 6.24. The van der Waals surface area contributed by atoms with Crippen LogP contribution >= 0.6 is 11.8 Å². The lowest BCUT2D eigenvalue weighted by molar-refractivity contribution is -0.268. The van der Waals surface area contributed by atoms with E-state index in [2.05, 4.69) is 10.3 Å². The number of carboxylic acids is 1. The van der Waals surface area contributed by atoms with Crippen molar-refractivity contribution in [2.75, 3.05) is 11.1 Å². The molecule has 1 amide bonds. The van der Waals surface area contributed by atoms with Crippen LogP contribution in [0.3, 0.4) is 0 Å². The largest absolute Gasteiger partial charge is 0.478 e. The summed E-state index contributed by atoms with van der Waals surface area (Å²) in [6.45, 7) is 3.46. The number of ketones is 1. The second-order valence-electron chi connectivity index (χ2n) is 10.9. The molecule has 4 unspecified atom stereocenters. The number of ether oxygens (including phenoxy) is 2. The molecule has 0 saturated carbocycles. The van der Waals surface area contributed by atoms with Gasteiger partial charge in [0.15, 0.2) is 12.1 Å². The van der Waals surface area contributed by atoms with E-state index in [1.807, 2.05) is 55.5 Å². The molecule has 0 spiro atoms. The van der Waals surface area contributed by atoms with Crippen molar-refractivity contribution < 1.29 is 34.1 Å². The number of carbonyl (C=O) groups is 3. The van der Waals surface area contributed by atoms with Crippen molar-refractivity contribution >= 4 is 35.1 Å². The second kappa shape index (κ2) is 14.6. The highest BCUT2D eigenvalue weighted by atomic mass is 32.2. The maximum absolute atomic E-state index is 12.7. The van der Waals surface area contributed by atoms with Crippen LogP contribution in [0.4, 0.5) is 5.69 Å². The number of benzene rings is 3. The number of aliphatic hydroxyl groups excluding tert-OH is 1. The SMILES string of the molecule is CC(=O)c1cccc(NC(=O)Cc2ccc(C3OC(CSc4ncccc4C(=O)O)C(C)C(c4ccc(CO)cc4)O3)cc2)c1. The lowest BCUT2D eigenvalue weighted by Gasteiger charge is -2.41. The van der Waals surface area contributed by atoms with E-state index in [-0.39, 0.29) is 48.4 Å². The molecule has 5 rings (SSSR count). The van der Waals surface area contributed by atoms with Crippen LogP contribution in [0.2, 0.25) is 0 Å². The summed E-state index contributed by atoms with van der Waals surface area (Å²) in [5, 5.41) is 22.4. The van der Waals surface area contributed by atoms with E-state index in [0.29, 0.717) is 22.0 Å². The van der Waals surface area contributed by atoms with Crippen LogP contribution in [0.25, 0.3) is 0 Å². The van der Waals surface area contributed by atoms with Crippen molar-refractivity contribution in [3.63, 3.8) is 0 Å². The number of amides is 1. The molecule has 3 N–H and O–H groups in total. The van der Waals surface area contributed by atoms with Crippen molar-refractivity contribution in [2.45, 2.75) is 50.4 Å². The minimum absolute atomic E-state index is 0.0580. The summed E-state index contributed by atoms with van der Waals surface area (Å²) in [6, 6.07) is 25.0. The van der Waals surface area contributed by atoms with Crippen molar-refractivity contribution in [1.29, 1.82) is 0 Å². The molecule has 1 aliphatic rings. The predicted molar refractivity (Wildman–Crippen MR) is 170 cm³/mol. The van der Waals surface area contributed by atoms with Crippen molar-refractivity contribution in [1.82, 2.24) is 4.98 Å². The number of pyridine rings is 1. The Morgan fingerprint density at radius 2 is 1.62 bits per heavy atom. The molecule has 0 bridgehead atoms. The number of aliphatic hydroxyl groups is 1. The van der Waals surface area contributed by atoms with Gasteiger partial charge in [0.25, 0.3) is 0 Å². The van der Waals surface area contributed by atoms with E-state index in [9.17, 15) is 24.6 Å². The summed E-state index contributed by atoms with van der Waals surface area (Å²) in [4.78, 5) is 40.4. The summed E-state index contributed by atoms with van der Waals surface area (Å²) in [6.07, 6.45) is 0.359. The Hall–Kier alpha value is -4.35. The smallest absolute Gasteiger partial charge is 0.338 e. The van der Waals surface area contributed by atoms with E-state index in [0.717, 1.165) is 22.3 Å². The molecule has 1 saturated heterocycles. The van der Waals surface area contributed by atoms with Gasteiger partial charge in [-0.2, -0.15) is 0 Å². The van der Waals surface area contributed by atoms with E-state index in [4.69, 9.17) is 9.47 Å². The third kappa shape index (κ3) is 8.03. The topological polar surface area (TPSA) is 135 Å². The number of thioether (sulfide) groups is 1. The number of carbonyl (C=O) groups excluding carboxylic acids is 2. The van der Waals surface area contributed by atoms with Crippen molar-refractivity contribution in [3.05, 3.63) is 125 Å². The lowest BCUT2D eigenvalue weighted by atomic mass is 9.91. The van der Waals surface area contributed by atoms with Crippen LogP contribution in [0.5, 0.6) is 0 Å². The molecule has 4 atom stereocenters. The minimum Gasteiger partial charge on any atom is -0.478 e. The van der Waals surface area contributed by atoms with E-state index < -0.39 is 12.3 Å². The van der Waals surface area contributed by atoms with Gasteiger partial charge in [-0.25, -0.2) is 9.78 Å². The Kier molecular flexibility index (Phi) is 10.4. The van der Waals surface area contributed by atoms with Crippen molar-refractivity contribution in [2.24, 2.45) is 5.92 Å². The third-order valence-electron chi connectivity index (χ3n) is 7.68. The Balaban J connectivity index is 1.32. The molecule has 232 valence electrons. The highest BCUT2D eigenvalue weighted by Crippen LogP contribution is 2.43. The van der Waals surface area contributed by atoms with Gasteiger partial charge in [0.05, 0.1) is 30.8 Å². The van der Waals surface area contributed by atoms with Crippen LogP contribution in [0, 0.1) is 5.92 Å². The van der Waals surface area contributed by atoms with Crippen LogP contribution in [0.15, 0.2) is 96.2 Å². The normalized spacial score (nSPS) is 19.5. The van der Waals surface area contributed by atoms with E-state index in [1.165, 1.54) is 24.8 Å². The van der Waals surface area contributed by atoms with Gasteiger partial charge in [-0.15, -0.1) is 11.8 Å². The summed E-state index contributed by atoms with van der Waals surface area (Å²) in [5.41, 5.74) is 4.53. The van der Waals surface area contributed by atoms with Gasteiger partial charge in [-0.3, -0.25) is 9.59 Å². The molecule has 1 aromatic heterocycles. The zero-order chi connectivity index (χ0) is 31.9. The molecule has 0 aliphatic carbocycles. The molecular weight excluding hydrogens is 592 g/mol. The first-order valence-electron chi connectivity index (χ1n) is 14.5. The minimum atomic E-state index is -1.04. The number of aromatic nitrogens is 1. The number of carboxylic acid groups (broad SMARTS) is 1. The van der Waals surface area contributed by atoms with Gasteiger partial charge >= 0.3 is 5.97 Å². The Labute approximate surface area is 265 Å². The molecule has 9 nitrogen and oxygen atoms in total. The summed E-state index contributed by atoms with van der Waals surface area (Å²) in [5.74, 6) is -0.955. The fourth-order valence-corrected chi connectivity index (χ4v) is 6.29. The maximum Gasteiger partial charge on any atom is 0.338 e. The average Bonchev–Trinajstić information content (AvgIpc) is 3.05. The van der Waals surface area contributed by atoms with E-state index in [1.54, 1.807) is 36.5 Å². The number of nitrogens with zero attached hydrogens (tertiary/aromatic N) is 1. The number of Topliss-reactive ketones (excluding diaryl/α,β-unsaturated/α-hetero) is 1. The Morgan fingerprint density at radius 1 is 0.911 bits per heavy atom. The first kappa shape index (κ1) is 32.1. The number of aromatic carboxylic acids is 1. The van der Waals surface area contributed by atoms with Gasteiger partial charge < -0.3 is 25.0 Å². The van der Waals surface area contributed by atoms with Crippen LogP contribution in [0.1, 0.15) is 69.2 Å². The zero-order valence-electron chi connectivity index (χ0n) is 24.9. The number of rotatable bonds is 11. The Bertz CT molecular complexity index is 1660. The second-order valence-corrected chi connectivity index (χ2v) is 11.9. The van der Waals surface area contributed by atoms with Gasteiger partial charge in [0, 0.05) is 34.7 Å². The average molecular weight is 627 g/mol. The standard InChI is InChI=1S/C35H34N2O7S/c1-21-30(20-45-33-29(34(41)42)7-4-16-36-33)43-35(44-32(21)25-12-10-24(19-38)11-13-25)26-14-8-23(9-15-26)17-31(40)37-28-6-3-5-27(18-28)22(2)39/h3-16,18,21,30,32,35,38H,17,19-20H2,1-2H3,(H,37,40)(H,41,42). The molecule has 1 fully saturated rings. The fourth-order valence-electron chi connectivity index (χ4n) is 5.14. The zero-order valence-corrected chi connectivity index (χ0v) is 25.7. The third-order valence-corrected chi connectivity index (χ3v) is 8.77. The first-order valence-corrected chi connectivity index (χ1v) is 15.5. The molecule has 3 aromatic carbocycles. The maximum atomic E-state index is 12.7. The van der Waals surface area contributed by atoms with E-state index >= 15 is 0 Å². The quantitative estimate of drug-likeness (QED) is 0.131. The Morgan fingerprint density at radius 3 is 2.31 bits per heavy atom. The molecule has 4 aromatic rings. The molecule has 10 heteroatoms. The number of hydrogen-bond donors (Lipinski definition) is 3. The molecule has 0 radical (unpaired) electrons. The summed E-state index contributed by atoms with van der Waals surface area (Å²) < 4.78 is 13.0.